The van der Waals surface area contributed by atoms with Crippen LogP contribution in [0.15, 0.2) is 34.2 Å². The molecule has 0 unspecified atom stereocenters. The highest BCUT2D eigenvalue weighted by atomic mass is 32.2. The molecule has 1 aromatic carbocycles. The Kier molecular flexibility index (Phi) is 3.74. The van der Waals surface area contributed by atoms with Gasteiger partial charge in [0.1, 0.15) is 0 Å². The SMILES string of the molecule is CCC(=O)N1c2ccccc2-c2c(=O)[nH]c(SC)n[n+]2[C@H]1C. The third kappa shape index (κ3) is 2.12. The van der Waals surface area contributed by atoms with Crippen molar-refractivity contribution in [3.8, 4) is 11.3 Å². The predicted octanol–water partition coefficient (Wildman–Crippen LogP) is 1.72. The molecule has 2 aromatic rings. The van der Waals surface area contributed by atoms with E-state index in [4.69, 9.17) is 0 Å². The molecule has 0 aliphatic carbocycles. The molecule has 1 atom stereocenters. The molecule has 0 spiro atoms. The quantitative estimate of drug-likeness (QED) is 0.676. The Morgan fingerprint density at radius 2 is 2.18 bits per heavy atom. The number of aromatic nitrogens is 3. The van der Waals surface area contributed by atoms with Crippen molar-refractivity contribution in [2.24, 2.45) is 0 Å². The van der Waals surface area contributed by atoms with E-state index in [1.807, 2.05) is 44.4 Å². The summed E-state index contributed by atoms with van der Waals surface area (Å²) in [5, 5.41) is 5.00. The molecular formula is C15H17N4O2S+. The molecule has 3 rings (SSSR count). The lowest BCUT2D eigenvalue weighted by atomic mass is 10.0. The lowest BCUT2D eigenvalue weighted by Crippen LogP contribution is -2.59. The zero-order valence-corrected chi connectivity index (χ0v) is 13.5. The van der Waals surface area contributed by atoms with Crippen LogP contribution < -0.4 is 15.1 Å². The lowest BCUT2D eigenvalue weighted by Gasteiger charge is -2.29. The average molecular weight is 317 g/mol. The maximum absolute atomic E-state index is 12.5. The van der Waals surface area contributed by atoms with E-state index in [0.29, 0.717) is 17.3 Å². The van der Waals surface area contributed by atoms with Crippen molar-refractivity contribution in [1.29, 1.82) is 0 Å². The smallest absolute Gasteiger partial charge is 0.291 e. The molecule has 22 heavy (non-hydrogen) atoms. The van der Waals surface area contributed by atoms with Crippen LogP contribution >= 0.6 is 11.8 Å². The van der Waals surface area contributed by atoms with Gasteiger partial charge >= 0.3 is 11.3 Å². The van der Waals surface area contributed by atoms with E-state index in [-0.39, 0.29) is 17.6 Å². The van der Waals surface area contributed by atoms with E-state index in [1.165, 1.54) is 11.8 Å². The molecule has 1 amide bonds. The highest BCUT2D eigenvalue weighted by Crippen LogP contribution is 2.34. The summed E-state index contributed by atoms with van der Waals surface area (Å²) < 4.78 is 1.64. The van der Waals surface area contributed by atoms with E-state index in [2.05, 4.69) is 10.1 Å². The van der Waals surface area contributed by atoms with E-state index >= 15 is 0 Å². The highest BCUT2D eigenvalue weighted by Gasteiger charge is 2.41. The van der Waals surface area contributed by atoms with E-state index in [9.17, 15) is 9.59 Å². The number of hydrogen-bond acceptors (Lipinski definition) is 4. The molecule has 0 bridgehead atoms. The maximum Gasteiger partial charge on any atom is 0.325 e. The Bertz CT molecular complexity index is 802. The summed E-state index contributed by atoms with van der Waals surface area (Å²) in [6.07, 6.45) is 1.90. The molecule has 0 saturated carbocycles. The number of carbonyl (C=O) groups is 1. The Morgan fingerprint density at radius 3 is 2.86 bits per heavy atom. The Hall–Kier alpha value is -2.15. The van der Waals surface area contributed by atoms with Crippen molar-refractivity contribution in [2.45, 2.75) is 31.6 Å². The monoisotopic (exact) mass is 317 g/mol. The summed E-state index contributed by atoms with van der Waals surface area (Å²) in [4.78, 5) is 29.3. The molecule has 6 nitrogen and oxygen atoms in total. The van der Waals surface area contributed by atoms with Gasteiger partial charge in [0.05, 0.1) is 11.3 Å². The Labute approximate surface area is 132 Å². The first-order chi connectivity index (χ1) is 10.6. The summed E-state index contributed by atoms with van der Waals surface area (Å²) in [6, 6.07) is 7.44. The molecule has 7 heteroatoms. The van der Waals surface area contributed by atoms with Gasteiger partial charge in [0, 0.05) is 18.4 Å². The van der Waals surface area contributed by atoms with Crippen LogP contribution in [0.25, 0.3) is 11.3 Å². The van der Waals surface area contributed by atoms with Crippen LogP contribution in [0.4, 0.5) is 5.69 Å². The Morgan fingerprint density at radius 1 is 1.45 bits per heavy atom. The van der Waals surface area contributed by atoms with Gasteiger partial charge in [-0.05, 0) is 18.4 Å². The topological polar surface area (TPSA) is 69.9 Å². The number of thioether (sulfide) groups is 1. The van der Waals surface area contributed by atoms with Crippen LogP contribution in [0.1, 0.15) is 26.4 Å². The minimum atomic E-state index is -0.342. The van der Waals surface area contributed by atoms with Gasteiger partial charge in [-0.3, -0.25) is 19.5 Å². The highest BCUT2D eigenvalue weighted by molar-refractivity contribution is 7.98. The van der Waals surface area contributed by atoms with Crippen molar-refractivity contribution in [2.75, 3.05) is 11.2 Å². The van der Waals surface area contributed by atoms with Crippen LogP contribution in [-0.2, 0) is 4.79 Å². The fourth-order valence-corrected chi connectivity index (χ4v) is 3.11. The third-order valence-electron chi connectivity index (χ3n) is 3.77. The standard InChI is InChI=1S/C15H16N4O2S/c1-4-12(20)18-9(2)19-13(10-7-5-6-8-11(10)18)14(21)16-15(17-19)22-3/h5-9H,4H2,1-3H3/p+1/t9-/m0/s1. The fraction of sp³-hybridized carbons (Fsp3) is 0.333. The van der Waals surface area contributed by atoms with Gasteiger partial charge in [-0.15, -0.1) is 0 Å². The van der Waals surface area contributed by atoms with Crippen LogP contribution in [0.5, 0.6) is 0 Å². The molecular weight excluding hydrogens is 300 g/mol. The second kappa shape index (κ2) is 5.57. The van der Waals surface area contributed by atoms with Crippen LogP contribution in [0.2, 0.25) is 0 Å². The van der Waals surface area contributed by atoms with Crippen molar-refractivity contribution < 1.29 is 9.48 Å². The van der Waals surface area contributed by atoms with Crippen molar-refractivity contribution in [3.05, 3.63) is 34.6 Å². The van der Waals surface area contributed by atoms with Gasteiger partial charge in [-0.25, -0.2) is 0 Å². The summed E-state index contributed by atoms with van der Waals surface area (Å²) in [5.41, 5.74) is 1.78. The third-order valence-corrected chi connectivity index (χ3v) is 4.34. The van der Waals surface area contributed by atoms with E-state index in [0.717, 1.165) is 11.3 Å². The molecule has 0 saturated heterocycles. The van der Waals surface area contributed by atoms with Crippen LogP contribution in [0, 0.1) is 0 Å². The molecule has 114 valence electrons. The van der Waals surface area contributed by atoms with Crippen LogP contribution in [0.3, 0.4) is 0 Å². The van der Waals surface area contributed by atoms with Gasteiger partial charge in [-0.2, -0.15) is 0 Å². The number of aromatic amines is 1. The number of para-hydroxylation sites is 1. The second-order valence-electron chi connectivity index (χ2n) is 5.02. The van der Waals surface area contributed by atoms with E-state index < -0.39 is 0 Å². The number of anilines is 1. The number of hydrogen-bond donors (Lipinski definition) is 1. The molecule has 1 aliphatic heterocycles. The van der Waals surface area contributed by atoms with Gasteiger partial charge in [-0.1, -0.05) is 35.5 Å². The van der Waals surface area contributed by atoms with Gasteiger partial charge in [0.25, 0.3) is 6.17 Å². The fourth-order valence-electron chi connectivity index (χ4n) is 2.75. The number of nitrogens with zero attached hydrogens (tertiary/aromatic N) is 3. The minimum Gasteiger partial charge on any atom is -0.291 e. The average Bonchev–Trinajstić information content (AvgIpc) is 2.54. The number of benzene rings is 1. The first-order valence-corrected chi connectivity index (χ1v) is 8.32. The summed E-state index contributed by atoms with van der Waals surface area (Å²) in [6.45, 7) is 3.71. The molecule has 0 fully saturated rings. The number of amides is 1. The first-order valence-electron chi connectivity index (χ1n) is 7.10. The van der Waals surface area contributed by atoms with Gasteiger partial charge in [0.2, 0.25) is 11.1 Å². The van der Waals surface area contributed by atoms with Crippen molar-refractivity contribution in [3.63, 3.8) is 0 Å². The van der Waals surface area contributed by atoms with E-state index in [1.54, 1.807) is 9.58 Å². The number of H-pyrrole nitrogens is 1. The maximum atomic E-state index is 12.5. The van der Waals surface area contributed by atoms with Crippen molar-refractivity contribution in [1.82, 2.24) is 10.1 Å². The summed E-state index contributed by atoms with van der Waals surface area (Å²) >= 11 is 1.36. The normalized spacial score (nSPS) is 16.1. The number of rotatable bonds is 2. The molecule has 0 radical (unpaired) electrons. The lowest BCUT2D eigenvalue weighted by molar-refractivity contribution is -0.768. The predicted molar refractivity (Wildman–Crippen MR) is 84.8 cm³/mol. The zero-order valence-electron chi connectivity index (χ0n) is 12.7. The number of carbonyl (C=O) groups excluding carboxylic acids is 1. The summed E-state index contributed by atoms with van der Waals surface area (Å²) in [7, 11) is 0. The number of fused-ring (bicyclic) bond motifs is 3. The molecule has 1 N–H and O–H groups in total. The minimum absolute atomic E-state index is 0.00545. The first kappa shape index (κ1) is 14.8. The number of nitrogens with one attached hydrogen (secondary N) is 1. The molecule has 1 aliphatic rings. The molecule has 1 aromatic heterocycles. The summed E-state index contributed by atoms with van der Waals surface area (Å²) in [5.74, 6) is 0.00545. The molecule has 2 heterocycles. The Balaban J connectivity index is 2.33. The second-order valence-corrected chi connectivity index (χ2v) is 5.82. The van der Waals surface area contributed by atoms with Crippen LogP contribution in [-0.4, -0.2) is 22.2 Å². The zero-order chi connectivity index (χ0) is 15.9. The largest absolute Gasteiger partial charge is 0.325 e. The van der Waals surface area contributed by atoms with Gasteiger partial charge < -0.3 is 0 Å². The van der Waals surface area contributed by atoms with Gasteiger partial charge in [0.15, 0.2) is 0 Å². The van der Waals surface area contributed by atoms with Crippen molar-refractivity contribution >= 4 is 23.4 Å².